The summed E-state index contributed by atoms with van der Waals surface area (Å²) in [6, 6.07) is 1.70. The first-order valence-electron chi connectivity index (χ1n) is 9.10. The summed E-state index contributed by atoms with van der Waals surface area (Å²) in [5, 5.41) is 0. The van der Waals surface area contributed by atoms with Crippen molar-refractivity contribution in [2.45, 2.75) is 44.4 Å². The van der Waals surface area contributed by atoms with Crippen molar-refractivity contribution in [1.82, 2.24) is 0 Å². The fourth-order valence-electron chi connectivity index (χ4n) is 3.31. The molecule has 8 heteroatoms. The Morgan fingerprint density at radius 2 is 1.85 bits per heavy atom. The Labute approximate surface area is 172 Å². The molecular formula is C19H26BrN3O3S. The molecule has 1 aromatic rings. The number of fused-ring (bicyclic) bond motifs is 1. The molecule has 0 aromatic heterocycles. The maximum Gasteiger partial charge on any atom is 0.251 e. The van der Waals surface area contributed by atoms with Gasteiger partial charge in [-0.25, -0.2) is 0 Å². The van der Waals surface area contributed by atoms with Gasteiger partial charge in [0.05, 0.1) is 29.0 Å². The van der Waals surface area contributed by atoms with Gasteiger partial charge in [0.15, 0.2) is 0 Å². The van der Waals surface area contributed by atoms with Crippen LogP contribution in [0.3, 0.4) is 0 Å². The summed E-state index contributed by atoms with van der Waals surface area (Å²) in [4.78, 5) is 24.2. The number of benzene rings is 1. The minimum atomic E-state index is -0.569. The van der Waals surface area contributed by atoms with Crippen LogP contribution >= 0.6 is 27.7 Å². The first kappa shape index (κ1) is 21.6. The molecule has 0 atom stereocenters. The lowest BCUT2D eigenvalue weighted by molar-refractivity contribution is -0.114. The lowest BCUT2D eigenvalue weighted by Crippen LogP contribution is -2.25. The van der Waals surface area contributed by atoms with E-state index in [1.165, 1.54) is 24.6 Å². The summed E-state index contributed by atoms with van der Waals surface area (Å²) >= 11 is 4.72. The molecule has 1 aromatic carbocycles. The van der Waals surface area contributed by atoms with Crippen LogP contribution in [-0.2, 0) is 4.79 Å². The van der Waals surface area contributed by atoms with Gasteiger partial charge in [-0.2, -0.15) is 0 Å². The maximum absolute atomic E-state index is 11.9. The predicted octanol–water partition coefficient (Wildman–Crippen LogP) is 3.40. The smallest absolute Gasteiger partial charge is 0.251 e. The number of hydrogen-bond acceptors (Lipinski definition) is 5. The number of hydrogen-bond donors (Lipinski definition) is 3. The number of carbonyl (C=O) groups is 2. The molecule has 6 nitrogen and oxygen atoms in total. The van der Waals surface area contributed by atoms with Gasteiger partial charge >= 0.3 is 0 Å². The van der Waals surface area contributed by atoms with Crippen LogP contribution in [0.2, 0.25) is 0 Å². The van der Waals surface area contributed by atoms with Crippen molar-refractivity contribution in [3.05, 3.63) is 27.2 Å². The standard InChI is InChI=1S/C17H20BrN3O3S.C2H6/c18-10-5-11(24-6-8-3-1-2-4-8)13-14(19)9(16(20)22)7-25-15(13)12(10)17(21)23;1-2/h5,8H,1-4,6-7,19H2,(H2,20,22)(H2,21,23);1-2H3. The Hall–Kier alpha value is -1.67. The fourth-order valence-corrected chi connectivity index (χ4v) is 5.34. The molecule has 6 N–H and O–H groups in total. The van der Waals surface area contributed by atoms with E-state index < -0.39 is 11.8 Å². The Kier molecular flexibility index (Phi) is 7.61. The molecule has 1 aliphatic carbocycles. The number of primary amides is 2. The average Bonchev–Trinajstić information content (AvgIpc) is 3.14. The molecule has 3 rings (SSSR count). The molecule has 1 heterocycles. The highest BCUT2D eigenvalue weighted by atomic mass is 79.9. The van der Waals surface area contributed by atoms with Crippen molar-refractivity contribution in [2.75, 3.05) is 12.4 Å². The van der Waals surface area contributed by atoms with Crippen molar-refractivity contribution in [3.63, 3.8) is 0 Å². The number of nitrogens with two attached hydrogens (primary N) is 3. The monoisotopic (exact) mass is 455 g/mol. The van der Waals surface area contributed by atoms with E-state index in [1.54, 1.807) is 6.07 Å². The van der Waals surface area contributed by atoms with Crippen LogP contribution in [0.25, 0.3) is 5.70 Å². The van der Waals surface area contributed by atoms with Gasteiger partial charge in [-0.05, 0) is 40.8 Å². The Morgan fingerprint density at radius 1 is 1.22 bits per heavy atom. The largest absolute Gasteiger partial charge is 0.493 e. The number of amides is 2. The summed E-state index contributed by atoms with van der Waals surface area (Å²) in [6.45, 7) is 4.58. The van der Waals surface area contributed by atoms with Gasteiger partial charge in [-0.15, -0.1) is 11.8 Å². The molecule has 0 saturated heterocycles. The van der Waals surface area contributed by atoms with Gasteiger partial charge in [0.1, 0.15) is 5.75 Å². The Balaban J connectivity index is 0.00000126. The van der Waals surface area contributed by atoms with Crippen LogP contribution in [0.15, 0.2) is 21.0 Å². The van der Waals surface area contributed by atoms with Gasteiger partial charge < -0.3 is 21.9 Å². The van der Waals surface area contributed by atoms with Crippen LogP contribution in [0.5, 0.6) is 5.75 Å². The van der Waals surface area contributed by atoms with E-state index in [1.807, 2.05) is 13.8 Å². The van der Waals surface area contributed by atoms with Gasteiger partial charge in [0.25, 0.3) is 5.91 Å². The molecule has 1 aliphatic heterocycles. The van der Waals surface area contributed by atoms with Crippen LogP contribution < -0.4 is 21.9 Å². The van der Waals surface area contributed by atoms with Crippen LogP contribution in [-0.4, -0.2) is 24.2 Å². The lowest BCUT2D eigenvalue weighted by atomic mass is 10.0. The Morgan fingerprint density at radius 3 is 2.41 bits per heavy atom. The van der Waals surface area contributed by atoms with E-state index in [0.717, 1.165) is 12.8 Å². The number of ether oxygens (including phenoxy) is 1. The predicted molar refractivity (Wildman–Crippen MR) is 112 cm³/mol. The van der Waals surface area contributed by atoms with E-state index in [0.29, 0.717) is 50.1 Å². The zero-order chi connectivity index (χ0) is 20.1. The van der Waals surface area contributed by atoms with E-state index in [-0.39, 0.29) is 5.70 Å². The summed E-state index contributed by atoms with van der Waals surface area (Å²) in [5.41, 5.74) is 18.7. The first-order valence-corrected chi connectivity index (χ1v) is 10.9. The number of rotatable bonds is 5. The SMILES string of the molecule is CC.NC(=O)C1=C(N)c2c(OCC3CCCC3)cc(Br)c(C(N)=O)c2SC1. The average molecular weight is 456 g/mol. The van der Waals surface area contributed by atoms with Crippen molar-refractivity contribution in [2.24, 2.45) is 23.1 Å². The van der Waals surface area contributed by atoms with Crippen LogP contribution in [0.4, 0.5) is 0 Å². The van der Waals surface area contributed by atoms with Gasteiger partial charge in [-0.1, -0.05) is 26.7 Å². The molecule has 2 aliphatic rings. The van der Waals surface area contributed by atoms with Crippen molar-refractivity contribution in [1.29, 1.82) is 0 Å². The van der Waals surface area contributed by atoms with Gasteiger partial charge in [-0.3, -0.25) is 9.59 Å². The molecular weight excluding hydrogens is 430 g/mol. The number of thioether (sulfide) groups is 1. The highest BCUT2D eigenvalue weighted by Gasteiger charge is 2.30. The molecule has 0 unspecified atom stereocenters. The second-order valence-electron chi connectivity index (χ2n) is 6.31. The third kappa shape index (κ3) is 4.60. The minimum absolute atomic E-state index is 0.262. The number of halogens is 1. The lowest BCUT2D eigenvalue weighted by Gasteiger charge is -2.25. The fraction of sp³-hybridized carbons (Fsp3) is 0.474. The maximum atomic E-state index is 11.9. The third-order valence-electron chi connectivity index (χ3n) is 4.65. The molecule has 0 bridgehead atoms. The number of carbonyl (C=O) groups excluding carboxylic acids is 2. The summed E-state index contributed by atoms with van der Waals surface area (Å²) < 4.78 is 6.60. The summed E-state index contributed by atoms with van der Waals surface area (Å²) in [6.07, 6.45) is 4.74. The third-order valence-corrected chi connectivity index (χ3v) is 6.40. The zero-order valence-electron chi connectivity index (χ0n) is 15.6. The van der Waals surface area contributed by atoms with E-state index in [9.17, 15) is 9.59 Å². The second kappa shape index (κ2) is 9.50. The van der Waals surface area contributed by atoms with Crippen molar-refractivity contribution >= 4 is 45.2 Å². The van der Waals surface area contributed by atoms with Gasteiger partial charge in [0, 0.05) is 15.1 Å². The molecule has 1 fully saturated rings. The highest BCUT2D eigenvalue weighted by Crippen LogP contribution is 2.45. The summed E-state index contributed by atoms with van der Waals surface area (Å²) in [7, 11) is 0. The van der Waals surface area contributed by atoms with Crippen molar-refractivity contribution in [3.8, 4) is 5.75 Å². The molecule has 2 amide bonds. The van der Waals surface area contributed by atoms with E-state index in [2.05, 4.69) is 15.9 Å². The molecule has 148 valence electrons. The van der Waals surface area contributed by atoms with Crippen molar-refractivity contribution < 1.29 is 14.3 Å². The second-order valence-corrected chi connectivity index (χ2v) is 8.15. The zero-order valence-corrected chi connectivity index (χ0v) is 18.0. The van der Waals surface area contributed by atoms with E-state index in [4.69, 9.17) is 21.9 Å². The quantitative estimate of drug-likeness (QED) is 0.627. The highest BCUT2D eigenvalue weighted by molar-refractivity contribution is 9.10. The topological polar surface area (TPSA) is 121 Å². The molecule has 27 heavy (non-hydrogen) atoms. The normalized spacial score (nSPS) is 16.4. The minimum Gasteiger partial charge on any atom is -0.493 e. The molecule has 1 saturated carbocycles. The summed E-state index contributed by atoms with van der Waals surface area (Å²) in [5.74, 6) is 0.228. The molecule has 0 spiro atoms. The first-order chi connectivity index (χ1) is 12.9. The van der Waals surface area contributed by atoms with Crippen LogP contribution in [0, 0.1) is 5.92 Å². The van der Waals surface area contributed by atoms with Crippen LogP contribution in [0.1, 0.15) is 55.5 Å². The Bertz CT molecular complexity index is 774. The van der Waals surface area contributed by atoms with E-state index >= 15 is 0 Å². The van der Waals surface area contributed by atoms with Gasteiger partial charge in [0.2, 0.25) is 5.91 Å². The molecule has 0 radical (unpaired) electrons.